The van der Waals surface area contributed by atoms with E-state index in [1.54, 1.807) is 6.07 Å². The second kappa shape index (κ2) is 9.88. The van der Waals surface area contributed by atoms with Gasteiger partial charge in [-0.25, -0.2) is 0 Å². The molecule has 5 nitrogen and oxygen atoms in total. The molecule has 25 heavy (non-hydrogen) atoms. The van der Waals surface area contributed by atoms with Gasteiger partial charge in [-0.3, -0.25) is 9.79 Å². The van der Waals surface area contributed by atoms with E-state index in [-0.39, 0.29) is 11.9 Å². The van der Waals surface area contributed by atoms with Gasteiger partial charge in [0, 0.05) is 35.6 Å². The molecule has 0 radical (unpaired) electrons. The monoisotopic (exact) mass is 384 g/mol. The minimum Gasteiger partial charge on any atom is -0.357 e. The van der Waals surface area contributed by atoms with E-state index in [9.17, 15) is 4.79 Å². The molecule has 0 aromatic heterocycles. The molecule has 1 amide bonds. The zero-order chi connectivity index (χ0) is 18.2. The lowest BCUT2D eigenvalue weighted by Crippen LogP contribution is -2.39. The number of hydrogen-bond acceptors (Lipinski definition) is 2. The molecule has 1 aliphatic carbocycles. The predicted molar refractivity (Wildman–Crippen MR) is 104 cm³/mol. The van der Waals surface area contributed by atoms with Crippen LogP contribution in [0.5, 0.6) is 0 Å². The first kappa shape index (κ1) is 19.9. The largest absolute Gasteiger partial charge is 0.357 e. The van der Waals surface area contributed by atoms with Crippen LogP contribution in [0, 0.1) is 0 Å². The van der Waals surface area contributed by atoms with E-state index in [4.69, 9.17) is 23.2 Å². The van der Waals surface area contributed by atoms with E-state index in [1.807, 2.05) is 26.0 Å². The number of carbonyl (C=O) groups is 1. The lowest BCUT2D eigenvalue weighted by atomic mass is 10.1. The Hall–Kier alpha value is -1.46. The van der Waals surface area contributed by atoms with Crippen molar-refractivity contribution in [3.63, 3.8) is 0 Å². The van der Waals surface area contributed by atoms with E-state index in [0.29, 0.717) is 35.0 Å². The third kappa shape index (κ3) is 7.12. The second-order valence-electron chi connectivity index (χ2n) is 6.24. The number of guanidine groups is 1. The van der Waals surface area contributed by atoms with Gasteiger partial charge in [-0.2, -0.15) is 0 Å². The predicted octanol–water partition coefficient (Wildman–Crippen LogP) is 3.67. The van der Waals surface area contributed by atoms with E-state index >= 15 is 0 Å². The van der Waals surface area contributed by atoms with E-state index < -0.39 is 0 Å². The molecule has 3 N–H and O–H groups in total. The summed E-state index contributed by atoms with van der Waals surface area (Å²) in [6.45, 7) is 5.38. The molecule has 0 bridgehead atoms. The highest BCUT2D eigenvalue weighted by molar-refractivity contribution is 6.35. The molecule has 2 rings (SSSR count). The Morgan fingerprint density at radius 2 is 2.12 bits per heavy atom. The smallest absolute Gasteiger partial charge is 0.220 e. The molecule has 7 heteroatoms. The van der Waals surface area contributed by atoms with Gasteiger partial charge in [0.05, 0.1) is 6.04 Å². The summed E-state index contributed by atoms with van der Waals surface area (Å²) in [6, 6.07) is 5.87. The number of aliphatic imine (C=N–C) groups is 1. The zero-order valence-electron chi connectivity index (χ0n) is 14.7. The summed E-state index contributed by atoms with van der Waals surface area (Å²) in [4.78, 5) is 16.2. The average molecular weight is 385 g/mol. The number of carbonyl (C=O) groups excluding carboxylic acids is 1. The Morgan fingerprint density at radius 3 is 2.76 bits per heavy atom. The summed E-state index contributed by atoms with van der Waals surface area (Å²) in [5.74, 6) is 0.834. The maximum absolute atomic E-state index is 11.7. The van der Waals surface area contributed by atoms with Crippen molar-refractivity contribution in [2.45, 2.75) is 51.6 Å². The minimum absolute atomic E-state index is 0.0132. The molecule has 1 atom stereocenters. The lowest BCUT2D eigenvalue weighted by Gasteiger charge is -2.19. The molecule has 1 fully saturated rings. The Bertz CT molecular complexity index is 617. The summed E-state index contributed by atoms with van der Waals surface area (Å²) in [6.07, 6.45) is 3.47. The third-order valence-electron chi connectivity index (χ3n) is 3.90. The summed E-state index contributed by atoms with van der Waals surface area (Å²) >= 11 is 12.2. The van der Waals surface area contributed by atoms with Crippen molar-refractivity contribution in [2.24, 2.45) is 4.99 Å². The second-order valence-corrected chi connectivity index (χ2v) is 7.08. The quantitative estimate of drug-likeness (QED) is 0.364. The highest BCUT2D eigenvalue weighted by atomic mass is 35.5. The van der Waals surface area contributed by atoms with Crippen LogP contribution in [-0.2, 0) is 4.79 Å². The Labute approximate surface area is 159 Å². The number of hydrogen-bond donors (Lipinski definition) is 3. The van der Waals surface area contributed by atoms with Crippen LogP contribution in [0.3, 0.4) is 0 Å². The van der Waals surface area contributed by atoms with Crippen molar-refractivity contribution in [1.82, 2.24) is 16.0 Å². The van der Waals surface area contributed by atoms with Gasteiger partial charge in [0.15, 0.2) is 5.96 Å². The van der Waals surface area contributed by atoms with Gasteiger partial charge >= 0.3 is 0 Å². The molecular formula is C18H26Cl2N4O. The van der Waals surface area contributed by atoms with Crippen molar-refractivity contribution in [1.29, 1.82) is 0 Å². The molecule has 0 spiro atoms. The molecule has 1 unspecified atom stereocenters. The molecule has 0 aliphatic heterocycles. The summed E-state index contributed by atoms with van der Waals surface area (Å²) in [5.41, 5.74) is 0.959. The van der Waals surface area contributed by atoms with Gasteiger partial charge in [-0.05, 0) is 50.8 Å². The van der Waals surface area contributed by atoms with Crippen molar-refractivity contribution >= 4 is 35.1 Å². The SMILES string of the molecule is CCNC(=NCCCC(=O)NC1CC1)NC(C)c1ccc(Cl)cc1Cl. The third-order valence-corrected chi connectivity index (χ3v) is 4.46. The maximum Gasteiger partial charge on any atom is 0.220 e. The molecule has 1 aliphatic rings. The van der Waals surface area contributed by atoms with Crippen LogP contribution in [0.15, 0.2) is 23.2 Å². The summed E-state index contributed by atoms with van der Waals surface area (Å²) in [5, 5.41) is 10.8. The van der Waals surface area contributed by atoms with Crippen molar-refractivity contribution in [2.75, 3.05) is 13.1 Å². The molecule has 0 heterocycles. The topological polar surface area (TPSA) is 65.5 Å². The van der Waals surface area contributed by atoms with Crippen LogP contribution in [0.25, 0.3) is 0 Å². The van der Waals surface area contributed by atoms with Gasteiger partial charge in [0.1, 0.15) is 0 Å². The number of rotatable bonds is 8. The van der Waals surface area contributed by atoms with Crippen molar-refractivity contribution in [3.05, 3.63) is 33.8 Å². The first-order valence-electron chi connectivity index (χ1n) is 8.78. The van der Waals surface area contributed by atoms with Crippen molar-refractivity contribution in [3.8, 4) is 0 Å². The maximum atomic E-state index is 11.7. The Balaban J connectivity index is 1.84. The highest BCUT2D eigenvalue weighted by Crippen LogP contribution is 2.26. The van der Waals surface area contributed by atoms with E-state index in [0.717, 1.165) is 31.4 Å². The van der Waals surface area contributed by atoms with Crippen LogP contribution in [0.2, 0.25) is 10.0 Å². The molecule has 1 saturated carbocycles. The molecular weight excluding hydrogens is 359 g/mol. The molecule has 1 aromatic carbocycles. The summed E-state index contributed by atoms with van der Waals surface area (Å²) in [7, 11) is 0. The van der Waals surface area contributed by atoms with Gasteiger partial charge in [-0.15, -0.1) is 0 Å². The number of nitrogens with one attached hydrogen (secondary N) is 3. The lowest BCUT2D eigenvalue weighted by molar-refractivity contribution is -0.121. The highest BCUT2D eigenvalue weighted by Gasteiger charge is 2.22. The minimum atomic E-state index is -0.0132. The Morgan fingerprint density at radius 1 is 1.36 bits per heavy atom. The number of benzene rings is 1. The van der Waals surface area contributed by atoms with Gasteiger partial charge in [-0.1, -0.05) is 29.3 Å². The van der Waals surface area contributed by atoms with Gasteiger partial charge in [0.2, 0.25) is 5.91 Å². The van der Waals surface area contributed by atoms with Crippen LogP contribution in [-0.4, -0.2) is 31.0 Å². The van der Waals surface area contributed by atoms with Crippen molar-refractivity contribution < 1.29 is 4.79 Å². The Kier molecular flexibility index (Phi) is 7.85. The normalized spacial score (nSPS) is 15.6. The van der Waals surface area contributed by atoms with E-state index in [2.05, 4.69) is 20.9 Å². The van der Waals surface area contributed by atoms with Gasteiger partial charge in [0.25, 0.3) is 0 Å². The van der Waals surface area contributed by atoms with Crippen LogP contribution >= 0.6 is 23.2 Å². The molecule has 1 aromatic rings. The average Bonchev–Trinajstić information content (AvgIpc) is 3.35. The fraction of sp³-hybridized carbons (Fsp3) is 0.556. The van der Waals surface area contributed by atoms with Crippen LogP contribution < -0.4 is 16.0 Å². The summed E-state index contributed by atoms with van der Waals surface area (Å²) < 4.78 is 0. The van der Waals surface area contributed by atoms with Crippen LogP contribution in [0.1, 0.15) is 51.1 Å². The van der Waals surface area contributed by atoms with E-state index in [1.165, 1.54) is 0 Å². The fourth-order valence-electron chi connectivity index (χ4n) is 2.41. The zero-order valence-corrected chi connectivity index (χ0v) is 16.3. The first-order chi connectivity index (χ1) is 12.0. The molecule has 138 valence electrons. The van der Waals surface area contributed by atoms with Crippen LogP contribution in [0.4, 0.5) is 0 Å². The first-order valence-corrected chi connectivity index (χ1v) is 9.54. The molecule has 0 saturated heterocycles. The fourth-order valence-corrected chi connectivity index (χ4v) is 2.99. The van der Waals surface area contributed by atoms with Gasteiger partial charge < -0.3 is 16.0 Å². The number of halogens is 2. The standard InChI is InChI=1S/C18H26Cl2N4O/c1-3-21-18(22-10-4-5-17(25)24-14-7-8-14)23-12(2)15-9-6-13(19)11-16(15)20/h6,9,11-12,14H,3-5,7-8,10H2,1-2H3,(H,24,25)(H2,21,22,23). The number of amides is 1. The number of nitrogens with zero attached hydrogens (tertiary/aromatic N) is 1.